The maximum Gasteiger partial charge on any atom is 0.247 e. The molecule has 0 spiro atoms. The smallest absolute Gasteiger partial charge is 0.247 e. The van der Waals surface area contributed by atoms with Crippen LogP contribution in [0.4, 0.5) is 0 Å². The minimum Gasteiger partial charge on any atom is -0.281 e. The van der Waals surface area contributed by atoms with Crippen molar-refractivity contribution in [3.63, 3.8) is 0 Å². The molecule has 1 aromatic heterocycles. The molecule has 1 aliphatic heterocycles. The highest BCUT2D eigenvalue weighted by atomic mass is 35.5. The Morgan fingerprint density at radius 3 is 2.89 bits per heavy atom. The third-order valence-corrected chi connectivity index (χ3v) is 5.86. The second kappa shape index (κ2) is 5.19. The number of aromatic nitrogens is 2. The van der Waals surface area contributed by atoms with Crippen LogP contribution in [-0.2, 0) is 15.9 Å². The standard InChI is InChI=1S/C11H18ClN3O2S/c1-3-9-5-4-6-15(9)18(16,17)11-8(2)13-14-10(11)7-12/h9H,3-7H2,1-2H3,(H,13,14). The first-order chi connectivity index (χ1) is 8.52. The maximum atomic E-state index is 12.7. The fourth-order valence-corrected chi connectivity index (χ4v) is 4.92. The predicted octanol–water partition coefficient (Wildman–Crippen LogP) is 2.02. The summed E-state index contributed by atoms with van der Waals surface area (Å²) in [6.45, 7) is 4.32. The Bertz CT molecular complexity index is 526. The summed E-state index contributed by atoms with van der Waals surface area (Å²) < 4.78 is 26.9. The molecule has 5 nitrogen and oxygen atoms in total. The number of aromatic amines is 1. The van der Waals surface area contributed by atoms with Crippen molar-refractivity contribution in [1.82, 2.24) is 14.5 Å². The lowest BCUT2D eigenvalue weighted by molar-refractivity contribution is 0.379. The monoisotopic (exact) mass is 291 g/mol. The van der Waals surface area contributed by atoms with Crippen LogP contribution in [0.1, 0.15) is 37.6 Å². The van der Waals surface area contributed by atoms with Gasteiger partial charge in [-0.15, -0.1) is 11.6 Å². The Hall–Kier alpha value is -0.590. The summed E-state index contributed by atoms with van der Waals surface area (Å²) >= 11 is 5.76. The van der Waals surface area contributed by atoms with E-state index in [1.54, 1.807) is 11.2 Å². The van der Waals surface area contributed by atoms with E-state index >= 15 is 0 Å². The van der Waals surface area contributed by atoms with Crippen LogP contribution in [0.2, 0.25) is 0 Å². The van der Waals surface area contributed by atoms with Crippen LogP contribution in [0.5, 0.6) is 0 Å². The summed E-state index contributed by atoms with van der Waals surface area (Å²) in [6, 6.07) is 0.104. The van der Waals surface area contributed by atoms with Gasteiger partial charge in [0.15, 0.2) is 0 Å². The second-order valence-electron chi connectivity index (χ2n) is 4.58. The molecule has 0 saturated carbocycles. The zero-order valence-electron chi connectivity index (χ0n) is 10.6. The Morgan fingerprint density at radius 2 is 2.28 bits per heavy atom. The van der Waals surface area contributed by atoms with Crippen LogP contribution >= 0.6 is 11.6 Å². The maximum absolute atomic E-state index is 12.7. The summed E-state index contributed by atoms with van der Waals surface area (Å²) in [5, 5.41) is 6.67. The number of halogens is 1. The van der Waals surface area contributed by atoms with Gasteiger partial charge in [0.1, 0.15) is 4.90 Å². The zero-order valence-corrected chi connectivity index (χ0v) is 12.2. The summed E-state index contributed by atoms with van der Waals surface area (Å²) in [4.78, 5) is 0.262. The zero-order chi connectivity index (χ0) is 13.3. The molecule has 1 unspecified atom stereocenters. The van der Waals surface area contributed by atoms with Crippen molar-refractivity contribution in [3.05, 3.63) is 11.4 Å². The molecular formula is C11H18ClN3O2S. The number of nitrogens with zero attached hydrogens (tertiary/aromatic N) is 2. The van der Waals surface area contributed by atoms with Crippen LogP contribution in [0.15, 0.2) is 4.90 Å². The average molecular weight is 292 g/mol. The van der Waals surface area contributed by atoms with Gasteiger partial charge < -0.3 is 0 Å². The van der Waals surface area contributed by atoms with Crippen LogP contribution in [0.3, 0.4) is 0 Å². The van der Waals surface area contributed by atoms with Crippen LogP contribution in [0, 0.1) is 6.92 Å². The third-order valence-electron chi connectivity index (χ3n) is 3.45. The number of hydrogen-bond donors (Lipinski definition) is 1. The van der Waals surface area contributed by atoms with Crippen LogP contribution in [-0.4, -0.2) is 35.5 Å². The average Bonchev–Trinajstić information content (AvgIpc) is 2.94. The van der Waals surface area contributed by atoms with Gasteiger partial charge in [-0.3, -0.25) is 5.10 Å². The van der Waals surface area contributed by atoms with Gasteiger partial charge in [-0.2, -0.15) is 9.40 Å². The van der Waals surface area contributed by atoms with Gasteiger partial charge in [0, 0.05) is 12.6 Å². The first-order valence-corrected chi connectivity index (χ1v) is 8.11. The van der Waals surface area contributed by atoms with Crippen LogP contribution in [0.25, 0.3) is 0 Å². The molecule has 1 fully saturated rings. The molecule has 0 radical (unpaired) electrons. The molecule has 1 atom stereocenters. The Balaban J connectivity index is 2.45. The normalized spacial score (nSPS) is 21.6. The van der Waals surface area contributed by atoms with Crippen molar-refractivity contribution in [3.8, 4) is 0 Å². The number of alkyl halides is 1. The molecule has 1 aliphatic rings. The first-order valence-electron chi connectivity index (χ1n) is 6.14. The largest absolute Gasteiger partial charge is 0.281 e. The minimum absolute atomic E-state index is 0.101. The van der Waals surface area contributed by atoms with Crippen molar-refractivity contribution in [2.75, 3.05) is 6.54 Å². The van der Waals surface area contributed by atoms with E-state index < -0.39 is 10.0 Å². The van der Waals surface area contributed by atoms with E-state index in [0.29, 0.717) is 17.9 Å². The van der Waals surface area contributed by atoms with Gasteiger partial charge >= 0.3 is 0 Å². The summed E-state index contributed by atoms with van der Waals surface area (Å²) in [7, 11) is -3.47. The van der Waals surface area contributed by atoms with Gasteiger partial charge in [-0.1, -0.05) is 6.92 Å². The van der Waals surface area contributed by atoms with E-state index in [-0.39, 0.29) is 16.8 Å². The molecule has 102 valence electrons. The molecule has 0 amide bonds. The van der Waals surface area contributed by atoms with Gasteiger partial charge in [0.25, 0.3) is 0 Å². The molecule has 0 aliphatic carbocycles. The molecule has 2 rings (SSSR count). The fraction of sp³-hybridized carbons (Fsp3) is 0.727. The van der Waals surface area contributed by atoms with Crippen molar-refractivity contribution in [2.45, 2.75) is 49.9 Å². The lowest BCUT2D eigenvalue weighted by Crippen LogP contribution is -2.35. The lowest BCUT2D eigenvalue weighted by atomic mass is 10.2. The molecule has 1 N–H and O–H groups in total. The molecule has 7 heteroatoms. The van der Waals surface area contributed by atoms with Crippen molar-refractivity contribution >= 4 is 21.6 Å². The van der Waals surface area contributed by atoms with E-state index in [9.17, 15) is 8.42 Å². The van der Waals surface area contributed by atoms with E-state index in [4.69, 9.17) is 11.6 Å². The Labute approximate surface area is 113 Å². The van der Waals surface area contributed by atoms with E-state index in [1.165, 1.54) is 0 Å². The number of aryl methyl sites for hydroxylation is 1. The van der Waals surface area contributed by atoms with Crippen LogP contribution < -0.4 is 0 Å². The van der Waals surface area contributed by atoms with Crippen molar-refractivity contribution < 1.29 is 8.42 Å². The highest BCUT2D eigenvalue weighted by Gasteiger charge is 2.37. The molecule has 0 aromatic carbocycles. The van der Waals surface area contributed by atoms with Gasteiger partial charge in [0.2, 0.25) is 10.0 Å². The first kappa shape index (κ1) is 13.8. The predicted molar refractivity (Wildman–Crippen MR) is 70.1 cm³/mol. The molecule has 1 saturated heterocycles. The highest BCUT2D eigenvalue weighted by Crippen LogP contribution is 2.30. The van der Waals surface area contributed by atoms with E-state index in [0.717, 1.165) is 19.3 Å². The Kier molecular flexibility index (Phi) is 3.99. The number of rotatable bonds is 4. The van der Waals surface area contributed by atoms with E-state index in [2.05, 4.69) is 10.2 Å². The summed E-state index contributed by atoms with van der Waals surface area (Å²) in [5.41, 5.74) is 0.975. The second-order valence-corrected chi connectivity index (χ2v) is 6.67. The summed E-state index contributed by atoms with van der Waals surface area (Å²) in [6.07, 6.45) is 2.69. The number of hydrogen-bond acceptors (Lipinski definition) is 3. The molecule has 0 bridgehead atoms. The van der Waals surface area contributed by atoms with E-state index in [1.807, 2.05) is 6.92 Å². The molecule has 1 aromatic rings. The topological polar surface area (TPSA) is 66.1 Å². The Morgan fingerprint density at radius 1 is 1.56 bits per heavy atom. The van der Waals surface area contributed by atoms with Gasteiger partial charge in [-0.25, -0.2) is 8.42 Å². The number of H-pyrrole nitrogens is 1. The van der Waals surface area contributed by atoms with Crippen molar-refractivity contribution in [2.24, 2.45) is 0 Å². The lowest BCUT2D eigenvalue weighted by Gasteiger charge is -2.23. The molecule has 18 heavy (non-hydrogen) atoms. The minimum atomic E-state index is -3.47. The highest BCUT2D eigenvalue weighted by molar-refractivity contribution is 7.89. The van der Waals surface area contributed by atoms with Gasteiger partial charge in [0.05, 0.1) is 17.3 Å². The number of sulfonamides is 1. The molecular weight excluding hydrogens is 274 g/mol. The molecule has 2 heterocycles. The summed E-state index contributed by atoms with van der Waals surface area (Å²) in [5.74, 6) is 0.101. The third kappa shape index (κ3) is 2.17. The van der Waals surface area contributed by atoms with Gasteiger partial charge in [-0.05, 0) is 26.2 Å². The number of nitrogens with one attached hydrogen (secondary N) is 1. The SMILES string of the molecule is CCC1CCCN1S(=O)(=O)c1c(CCl)n[nH]c1C. The quantitative estimate of drug-likeness (QED) is 0.863. The van der Waals surface area contributed by atoms with Crippen molar-refractivity contribution in [1.29, 1.82) is 0 Å². The fourth-order valence-electron chi connectivity index (χ4n) is 2.55.